The molecule has 82 valence electrons. The Bertz CT molecular complexity index is 499. The number of nitrogen functional groups attached to an aromatic ring is 1. The van der Waals surface area contributed by atoms with Gasteiger partial charge in [-0.25, -0.2) is 0 Å². The van der Waals surface area contributed by atoms with Gasteiger partial charge in [0.2, 0.25) is 0 Å². The van der Waals surface area contributed by atoms with Gasteiger partial charge in [0.25, 0.3) is 0 Å². The van der Waals surface area contributed by atoms with Crippen LogP contribution in [-0.2, 0) is 0 Å². The predicted molar refractivity (Wildman–Crippen MR) is 81.8 cm³/mol. The minimum Gasteiger partial charge on any atom is -0.399 e. The highest BCUT2D eigenvalue weighted by molar-refractivity contribution is 14.1. The Balaban J connectivity index is 2.23. The molecule has 2 aromatic rings. The zero-order chi connectivity index (χ0) is 11.5. The molecule has 0 saturated heterocycles. The van der Waals surface area contributed by atoms with Crippen LogP contribution in [0.2, 0.25) is 0 Å². The van der Waals surface area contributed by atoms with Crippen LogP contribution in [0.25, 0.3) is 0 Å². The van der Waals surface area contributed by atoms with E-state index in [1.807, 2.05) is 24.3 Å². The SMILES string of the molecule is Nc1ccc(Sc2ccc(Br)cc2I)cc1. The topological polar surface area (TPSA) is 26.0 Å². The summed E-state index contributed by atoms with van der Waals surface area (Å²) in [5, 5.41) is 0. The van der Waals surface area contributed by atoms with Gasteiger partial charge >= 0.3 is 0 Å². The Kier molecular flexibility index (Phi) is 4.16. The normalized spacial score (nSPS) is 10.4. The minimum absolute atomic E-state index is 0.801. The number of rotatable bonds is 2. The molecule has 0 radical (unpaired) electrons. The van der Waals surface area contributed by atoms with E-state index in [-0.39, 0.29) is 0 Å². The molecule has 16 heavy (non-hydrogen) atoms. The number of halogens is 2. The smallest absolute Gasteiger partial charge is 0.0314 e. The van der Waals surface area contributed by atoms with E-state index in [1.165, 1.54) is 13.4 Å². The van der Waals surface area contributed by atoms with Gasteiger partial charge in [0.1, 0.15) is 0 Å². The van der Waals surface area contributed by atoms with Crippen molar-refractivity contribution in [3.8, 4) is 0 Å². The Hall–Kier alpha value is -0.200. The van der Waals surface area contributed by atoms with Gasteiger partial charge in [-0.15, -0.1) is 0 Å². The zero-order valence-corrected chi connectivity index (χ0v) is 12.8. The van der Waals surface area contributed by atoms with Gasteiger partial charge in [-0.05, 0) is 65.1 Å². The number of hydrogen-bond donors (Lipinski definition) is 1. The number of hydrogen-bond acceptors (Lipinski definition) is 2. The van der Waals surface area contributed by atoms with Gasteiger partial charge in [0.05, 0.1) is 0 Å². The standard InChI is InChI=1S/C12H9BrINS/c13-8-1-6-12(11(14)7-8)16-10-4-2-9(15)3-5-10/h1-7H,15H2. The second kappa shape index (κ2) is 5.42. The summed E-state index contributed by atoms with van der Waals surface area (Å²) < 4.78 is 2.35. The Morgan fingerprint density at radius 3 is 2.38 bits per heavy atom. The molecule has 0 spiro atoms. The van der Waals surface area contributed by atoms with Crippen molar-refractivity contribution in [1.29, 1.82) is 0 Å². The summed E-state index contributed by atoms with van der Waals surface area (Å²) in [7, 11) is 0. The van der Waals surface area contributed by atoms with E-state index < -0.39 is 0 Å². The lowest BCUT2D eigenvalue weighted by Gasteiger charge is -2.05. The largest absolute Gasteiger partial charge is 0.399 e. The molecule has 2 N–H and O–H groups in total. The molecule has 1 nitrogen and oxygen atoms in total. The summed E-state index contributed by atoms with van der Waals surface area (Å²) in [4.78, 5) is 2.46. The van der Waals surface area contributed by atoms with Crippen LogP contribution in [0.5, 0.6) is 0 Å². The fourth-order valence-electron chi connectivity index (χ4n) is 1.22. The lowest BCUT2D eigenvalue weighted by Crippen LogP contribution is -1.83. The molecule has 0 bridgehead atoms. The fourth-order valence-corrected chi connectivity index (χ4v) is 3.67. The quantitative estimate of drug-likeness (QED) is 0.574. The van der Waals surface area contributed by atoms with Crippen molar-refractivity contribution in [2.75, 3.05) is 5.73 Å². The third-order valence-electron chi connectivity index (χ3n) is 2.00. The van der Waals surface area contributed by atoms with Gasteiger partial charge in [-0.2, -0.15) is 0 Å². The molecule has 0 aliphatic heterocycles. The van der Waals surface area contributed by atoms with Crippen molar-refractivity contribution >= 4 is 56.0 Å². The molecule has 0 aliphatic carbocycles. The van der Waals surface area contributed by atoms with E-state index in [4.69, 9.17) is 5.73 Å². The highest BCUT2D eigenvalue weighted by Gasteiger charge is 2.02. The second-order valence-electron chi connectivity index (χ2n) is 3.25. The molecule has 0 saturated carbocycles. The molecule has 0 aromatic heterocycles. The summed E-state index contributed by atoms with van der Waals surface area (Å²) in [5.41, 5.74) is 6.45. The zero-order valence-electron chi connectivity index (χ0n) is 8.28. The average molecular weight is 406 g/mol. The maximum absolute atomic E-state index is 5.65. The van der Waals surface area contributed by atoms with Crippen LogP contribution < -0.4 is 5.73 Å². The highest BCUT2D eigenvalue weighted by Crippen LogP contribution is 2.33. The van der Waals surface area contributed by atoms with Crippen LogP contribution in [0.4, 0.5) is 5.69 Å². The molecule has 2 aromatic carbocycles. The van der Waals surface area contributed by atoms with Gasteiger partial charge in [-0.3, -0.25) is 0 Å². The maximum atomic E-state index is 5.65. The highest BCUT2D eigenvalue weighted by atomic mass is 127. The van der Waals surface area contributed by atoms with Gasteiger partial charge < -0.3 is 5.73 Å². The molecule has 0 fully saturated rings. The number of anilines is 1. The summed E-state index contributed by atoms with van der Waals surface area (Å²) in [6.45, 7) is 0. The van der Waals surface area contributed by atoms with Crippen molar-refractivity contribution in [1.82, 2.24) is 0 Å². The Morgan fingerprint density at radius 1 is 1.06 bits per heavy atom. The Labute approximate surface area is 121 Å². The minimum atomic E-state index is 0.801. The molecular formula is C12H9BrINS. The molecule has 4 heteroatoms. The first-order valence-corrected chi connectivity index (χ1v) is 7.32. The van der Waals surface area contributed by atoms with E-state index in [0.29, 0.717) is 0 Å². The van der Waals surface area contributed by atoms with Crippen molar-refractivity contribution in [2.24, 2.45) is 0 Å². The molecule has 0 atom stereocenters. The van der Waals surface area contributed by atoms with Crippen molar-refractivity contribution in [3.63, 3.8) is 0 Å². The third kappa shape index (κ3) is 3.15. The molecule has 2 rings (SSSR count). The van der Waals surface area contributed by atoms with Crippen LogP contribution in [0.1, 0.15) is 0 Å². The van der Waals surface area contributed by atoms with Gasteiger partial charge in [-0.1, -0.05) is 27.7 Å². The van der Waals surface area contributed by atoms with E-state index in [0.717, 1.165) is 10.2 Å². The lowest BCUT2D eigenvalue weighted by atomic mass is 10.3. The van der Waals surface area contributed by atoms with Crippen LogP contribution >= 0.6 is 50.3 Å². The lowest BCUT2D eigenvalue weighted by molar-refractivity contribution is 1.36. The molecular weight excluding hydrogens is 397 g/mol. The van der Waals surface area contributed by atoms with Gasteiger partial charge in [0, 0.05) is 23.5 Å². The third-order valence-corrected chi connectivity index (χ3v) is 4.84. The van der Waals surface area contributed by atoms with E-state index in [9.17, 15) is 0 Å². The second-order valence-corrected chi connectivity index (χ2v) is 6.44. The van der Waals surface area contributed by atoms with Gasteiger partial charge in [0.15, 0.2) is 0 Å². The maximum Gasteiger partial charge on any atom is 0.0314 e. The van der Waals surface area contributed by atoms with Crippen molar-refractivity contribution in [2.45, 2.75) is 9.79 Å². The number of benzene rings is 2. The average Bonchev–Trinajstić information content (AvgIpc) is 2.25. The van der Waals surface area contributed by atoms with Crippen LogP contribution in [0.3, 0.4) is 0 Å². The molecule has 0 aliphatic rings. The van der Waals surface area contributed by atoms with E-state index >= 15 is 0 Å². The number of nitrogens with two attached hydrogens (primary N) is 1. The first kappa shape index (κ1) is 12.3. The first-order chi connectivity index (χ1) is 7.65. The van der Waals surface area contributed by atoms with Crippen LogP contribution in [0, 0.1) is 3.57 Å². The summed E-state index contributed by atoms with van der Waals surface area (Å²) in [6.07, 6.45) is 0. The Morgan fingerprint density at radius 2 is 1.75 bits per heavy atom. The summed E-state index contributed by atoms with van der Waals surface area (Å²) in [5.74, 6) is 0. The molecule has 0 amide bonds. The van der Waals surface area contributed by atoms with E-state index in [1.54, 1.807) is 11.8 Å². The first-order valence-electron chi connectivity index (χ1n) is 4.63. The fraction of sp³-hybridized carbons (Fsp3) is 0. The summed E-state index contributed by atoms with van der Waals surface area (Å²) in [6, 6.07) is 14.2. The van der Waals surface area contributed by atoms with Crippen LogP contribution in [0.15, 0.2) is 56.7 Å². The van der Waals surface area contributed by atoms with E-state index in [2.05, 4.69) is 56.7 Å². The molecule has 0 heterocycles. The predicted octanol–water partition coefficient (Wildman–Crippen LogP) is 4.79. The van der Waals surface area contributed by atoms with Crippen molar-refractivity contribution in [3.05, 3.63) is 50.5 Å². The van der Waals surface area contributed by atoms with Crippen molar-refractivity contribution < 1.29 is 0 Å². The molecule has 0 unspecified atom stereocenters. The van der Waals surface area contributed by atoms with Crippen LogP contribution in [-0.4, -0.2) is 0 Å². The summed E-state index contributed by atoms with van der Waals surface area (Å²) >= 11 is 7.55. The monoisotopic (exact) mass is 405 g/mol.